The highest BCUT2D eigenvalue weighted by Gasteiger charge is 2.25. The first-order valence-corrected chi connectivity index (χ1v) is 7.25. The Morgan fingerprint density at radius 3 is 3.00 bits per heavy atom. The van der Waals surface area contributed by atoms with Crippen LogP contribution in [-0.2, 0) is 11.8 Å². The number of hydrogen-bond donors (Lipinski definition) is 1. The van der Waals surface area contributed by atoms with E-state index in [9.17, 15) is 0 Å². The molecule has 0 spiro atoms. The van der Waals surface area contributed by atoms with Gasteiger partial charge in [0.1, 0.15) is 11.6 Å². The van der Waals surface area contributed by atoms with E-state index in [1.807, 2.05) is 31.3 Å². The number of hydrogen-bond acceptors (Lipinski definition) is 4. The van der Waals surface area contributed by atoms with E-state index in [1.165, 1.54) is 0 Å². The lowest BCUT2D eigenvalue weighted by molar-refractivity contribution is 0.0793. The number of nitrogens with zero attached hydrogens (tertiary/aromatic N) is 2. The molecule has 1 aliphatic rings. The van der Waals surface area contributed by atoms with Crippen molar-refractivity contribution in [2.24, 2.45) is 7.05 Å². The minimum absolute atomic E-state index is 0.309. The molecule has 2 N–H and O–H groups in total. The van der Waals surface area contributed by atoms with E-state index in [0.717, 1.165) is 42.0 Å². The molecule has 3 rings (SSSR count). The molecule has 5 nitrogen and oxygen atoms in total. The summed E-state index contributed by atoms with van der Waals surface area (Å²) in [6.45, 7) is 1.56. The van der Waals surface area contributed by atoms with E-state index in [-0.39, 0.29) is 0 Å². The molecule has 1 unspecified atom stereocenters. The van der Waals surface area contributed by atoms with Gasteiger partial charge in [-0.1, -0.05) is 12.1 Å². The third kappa shape index (κ3) is 2.61. The van der Waals surface area contributed by atoms with Gasteiger partial charge in [-0.25, -0.2) is 0 Å². The molecule has 1 atom stereocenters. The van der Waals surface area contributed by atoms with Crippen molar-refractivity contribution in [1.29, 1.82) is 0 Å². The van der Waals surface area contributed by atoms with Crippen molar-refractivity contribution in [1.82, 2.24) is 9.78 Å². The number of anilines is 1. The van der Waals surface area contributed by atoms with Crippen LogP contribution in [0.25, 0.3) is 11.1 Å². The van der Waals surface area contributed by atoms with E-state index in [0.29, 0.717) is 18.3 Å². The second kappa shape index (κ2) is 5.77. The predicted molar refractivity (Wildman–Crippen MR) is 82.4 cm³/mol. The van der Waals surface area contributed by atoms with Crippen LogP contribution in [0.4, 0.5) is 5.82 Å². The van der Waals surface area contributed by atoms with Crippen LogP contribution in [0.3, 0.4) is 0 Å². The summed E-state index contributed by atoms with van der Waals surface area (Å²) < 4.78 is 12.7. The molecule has 0 bridgehead atoms. The van der Waals surface area contributed by atoms with Gasteiger partial charge in [-0.05, 0) is 30.5 Å². The molecule has 0 aliphatic carbocycles. The van der Waals surface area contributed by atoms with Crippen LogP contribution in [-0.4, -0.2) is 30.1 Å². The number of aryl methyl sites for hydroxylation is 1. The van der Waals surface area contributed by atoms with E-state index >= 15 is 0 Å². The maximum atomic E-state index is 6.25. The molecular weight excluding hydrogens is 266 g/mol. The Morgan fingerprint density at radius 1 is 1.43 bits per heavy atom. The Kier molecular flexibility index (Phi) is 3.84. The van der Waals surface area contributed by atoms with Gasteiger partial charge in [0.2, 0.25) is 0 Å². The molecular formula is C16H21N3O2. The monoisotopic (exact) mass is 287 g/mol. The number of aromatic nitrogens is 2. The number of rotatable bonds is 3. The summed E-state index contributed by atoms with van der Waals surface area (Å²) >= 11 is 0. The Hall–Kier alpha value is -2.01. The number of nitrogen functional groups attached to an aromatic ring is 1. The molecule has 2 aromatic rings. The fourth-order valence-electron chi connectivity index (χ4n) is 2.87. The summed E-state index contributed by atoms with van der Waals surface area (Å²) in [4.78, 5) is 0. The van der Waals surface area contributed by atoms with Crippen molar-refractivity contribution in [3.05, 3.63) is 30.0 Å². The molecule has 2 heterocycles. The zero-order valence-corrected chi connectivity index (χ0v) is 12.5. The van der Waals surface area contributed by atoms with Gasteiger partial charge in [-0.15, -0.1) is 0 Å². The third-order valence-electron chi connectivity index (χ3n) is 4.02. The molecule has 1 aromatic heterocycles. The van der Waals surface area contributed by atoms with Gasteiger partial charge in [0.25, 0.3) is 0 Å². The van der Waals surface area contributed by atoms with Gasteiger partial charge < -0.3 is 15.2 Å². The third-order valence-corrected chi connectivity index (χ3v) is 4.02. The van der Waals surface area contributed by atoms with Crippen LogP contribution in [0.1, 0.15) is 24.5 Å². The van der Waals surface area contributed by atoms with Crippen LogP contribution in [0.5, 0.6) is 5.75 Å². The molecule has 1 fully saturated rings. The fraction of sp³-hybridized carbons (Fsp3) is 0.438. The fourth-order valence-corrected chi connectivity index (χ4v) is 2.87. The lowest BCUT2D eigenvalue weighted by atomic mass is 9.92. The van der Waals surface area contributed by atoms with Crippen LogP contribution >= 0.6 is 0 Å². The smallest absolute Gasteiger partial charge is 0.129 e. The minimum atomic E-state index is 0.309. The van der Waals surface area contributed by atoms with Gasteiger partial charge in [0.05, 0.1) is 19.4 Å². The van der Waals surface area contributed by atoms with E-state index < -0.39 is 0 Å². The quantitative estimate of drug-likeness (QED) is 0.942. The van der Waals surface area contributed by atoms with Crippen LogP contribution in [0.2, 0.25) is 0 Å². The summed E-state index contributed by atoms with van der Waals surface area (Å²) in [5.74, 6) is 1.81. The van der Waals surface area contributed by atoms with Crippen LogP contribution in [0, 0.1) is 0 Å². The molecule has 5 heteroatoms. The normalized spacial score (nSPS) is 18.7. The molecule has 21 heavy (non-hydrogen) atoms. The molecule has 0 amide bonds. The second-order valence-corrected chi connectivity index (χ2v) is 5.42. The average molecular weight is 287 g/mol. The van der Waals surface area contributed by atoms with Gasteiger partial charge >= 0.3 is 0 Å². The highest BCUT2D eigenvalue weighted by Crippen LogP contribution is 2.37. The van der Waals surface area contributed by atoms with Crippen LogP contribution in [0.15, 0.2) is 24.3 Å². The maximum Gasteiger partial charge on any atom is 0.129 e. The molecule has 1 aliphatic heterocycles. The van der Waals surface area contributed by atoms with Crippen molar-refractivity contribution in [3.63, 3.8) is 0 Å². The van der Waals surface area contributed by atoms with Crippen molar-refractivity contribution < 1.29 is 9.47 Å². The number of benzene rings is 1. The van der Waals surface area contributed by atoms with E-state index in [1.54, 1.807) is 11.8 Å². The highest BCUT2D eigenvalue weighted by atomic mass is 16.5. The molecule has 0 saturated carbocycles. The summed E-state index contributed by atoms with van der Waals surface area (Å²) in [5, 5.41) is 4.64. The van der Waals surface area contributed by atoms with Gasteiger partial charge in [0.15, 0.2) is 0 Å². The average Bonchev–Trinajstić information content (AvgIpc) is 2.84. The number of ether oxygens (including phenoxy) is 2. The van der Waals surface area contributed by atoms with E-state index in [4.69, 9.17) is 15.2 Å². The first-order chi connectivity index (χ1) is 10.2. The summed E-state index contributed by atoms with van der Waals surface area (Å²) in [7, 11) is 3.55. The summed E-state index contributed by atoms with van der Waals surface area (Å²) in [6.07, 6.45) is 2.16. The van der Waals surface area contributed by atoms with Crippen molar-refractivity contribution in [2.45, 2.75) is 18.8 Å². The summed E-state index contributed by atoms with van der Waals surface area (Å²) in [6, 6.07) is 7.95. The Balaban J connectivity index is 2.07. The number of methoxy groups -OCH3 is 1. The molecule has 112 valence electrons. The zero-order valence-electron chi connectivity index (χ0n) is 12.5. The standard InChI is InChI=1S/C16H21N3O2/c1-19-16(17)14(11-5-3-7-13(9-11)20-2)15(18-19)12-6-4-8-21-10-12/h3,5,7,9,12H,4,6,8,10,17H2,1-2H3. The van der Waals surface area contributed by atoms with Gasteiger partial charge in [-0.3, -0.25) is 4.68 Å². The van der Waals surface area contributed by atoms with Crippen LogP contribution < -0.4 is 10.5 Å². The van der Waals surface area contributed by atoms with Gasteiger partial charge in [0, 0.05) is 25.1 Å². The van der Waals surface area contributed by atoms with Crippen molar-refractivity contribution in [3.8, 4) is 16.9 Å². The predicted octanol–water partition coefficient (Wildman–Crippen LogP) is 2.57. The molecule has 0 radical (unpaired) electrons. The van der Waals surface area contributed by atoms with E-state index in [2.05, 4.69) is 5.10 Å². The first kappa shape index (κ1) is 13.9. The lowest BCUT2D eigenvalue weighted by Gasteiger charge is -2.21. The maximum absolute atomic E-state index is 6.25. The molecule has 1 aromatic carbocycles. The van der Waals surface area contributed by atoms with Crippen molar-refractivity contribution >= 4 is 5.82 Å². The number of nitrogens with two attached hydrogens (primary N) is 1. The first-order valence-electron chi connectivity index (χ1n) is 7.25. The molecule has 1 saturated heterocycles. The second-order valence-electron chi connectivity index (χ2n) is 5.42. The topological polar surface area (TPSA) is 62.3 Å². The SMILES string of the molecule is COc1cccc(-c2c(C3CCCOC3)nn(C)c2N)c1. The van der Waals surface area contributed by atoms with Gasteiger partial charge in [-0.2, -0.15) is 5.10 Å². The Bertz CT molecular complexity index is 630. The highest BCUT2D eigenvalue weighted by molar-refractivity contribution is 5.78. The lowest BCUT2D eigenvalue weighted by Crippen LogP contribution is -2.16. The zero-order chi connectivity index (χ0) is 14.8. The largest absolute Gasteiger partial charge is 0.497 e. The summed E-state index contributed by atoms with van der Waals surface area (Å²) in [5.41, 5.74) is 9.33. The Morgan fingerprint density at radius 2 is 2.29 bits per heavy atom. The Labute approximate surface area is 124 Å². The minimum Gasteiger partial charge on any atom is -0.497 e. The van der Waals surface area contributed by atoms with Crippen molar-refractivity contribution in [2.75, 3.05) is 26.1 Å².